The Morgan fingerprint density at radius 3 is 2.41 bits per heavy atom. The molecular weight excluding hydrogens is 438 g/mol. The first kappa shape index (κ1) is 25.1. The predicted octanol–water partition coefficient (Wildman–Crippen LogP) is 2.30. The van der Waals surface area contributed by atoms with Gasteiger partial charge in [-0.25, -0.2) is 18.4 Å². The molecular formula is C21H27N3O7S. The van der Waals surface area contributed by atoms with Gasteiger partial charge in [0, 0.05) is 6.54 Å². The fourth-order valence-electron chi connectivity index (χ4n) is 2.69. The highest BCUT2D eigenvalue weighted by molar-refractivity contribution is 7.89. The fourth-order valence-corrected chi connectivity index (χ4v) is 3.39. The predicted molar refractivity (Wildman–Crippen MR) is 118 cm³/mol. The van der Waals surface area contributed by atoms with E-state index in [9.17, 15) is 18.0 Å². The van der Waals surface area contributed by atoms with E-state index in [0.29, 0.717) is 12.3 Å². The summed E-state index contributed by atoms with van der Waals surface area (Å²) in [5, 5.41) is 17.5. The number of esters is 1. The van der Waals surface area contributed by atoms with Gasteiger partial charge in [0.05, 0.1) is 11.3 Å². The number of carboxylic acid groups (broad SMARTS) is 1. The normalized spacial score (nSPS) is 13.1. The first-order valence-corrected chi connectivity index (χ1v) is 11.5. The molecule has 2 rings (SSSR count). The number of carbonyl (C=O) groups is 2. The standard InChI is InChI=1S/C21H27N3O7S/c1-3-4-10-24-16-11-14(21(27)30-13(2)18(22)20(25)26)12-17(32(23,28)29)19(16)31-15-8-6-5-7-9-15/h5-9,11-13,18,24H,3-4,10,22H2,1-2H3,(H,25,26)(H2,23,28,29)/t13-,18-/m0/s1. The molecule has 0 aliphatic rings. The van der Waals surface area contributed by atoms with E-state index in [1.54, 1.807) is 30.3 Å². The molecule has 0 aliphatic carbocycles. The molecule has 11 heteroatoms. The smallest absolute Gasteiger partial charge is 0.338 e. The molecule has 0 heterocycles. The Balaban J connectivity index is 2.53. The number of nitrogens with one attached hydrogen (secondary N) is 1. The lowest BCUT2D eigenvalue weighted by molar-refractivity contribution is -0.140. The molecule has 32 heavy (non-hydrogen) atoms. The number of anilines is 1. The molecule has 2 aromatic carbocycles. The van der Waals surface area contributed by atoms with Crippen LogP contribution in [-0.2, 0) is 19.6 Å². The lowest BCUT2D eigenvalue weighted by Crippen LogP contribution is -2.42. The fraction of sp³-hybridized carbons (Fsp3) is 0.333. The van der Waals surface area contributed by atoms with Crippen molar-refractivity contribution in [3.05, 3.63) is 48.0 Å². The summed E-state index contributed by atoms with van der Waals surface area (Å²) in [4.78, 5) is 23.2. The van der Waals surface area contributed by atoms with Gasteiger partial charge in [-0.05, 0) is 37.6 Å². The Morgan fingerprint density at radius 2 is 1.84 bits per heavy atom. The van der Waals surface area contributed by atoms with E-state index >= 15 is 0 Å². The van der Waals surface area contributed by atoms with E-state index in [1.165, 1.54) is 13.0 Å². The topological polar surface area (TPSA) is 171 Å². The molecule has 2 atom stereocenters. The number of ether oxygens (including phenoxy) is 2. The second-order valence-electron chi connectivity index (χ2n) is 7.07. The molecule has 0 saturated carbocycles. The summed E-state index contributed by atoms with van der Waals surface area (Å²) in [7, 11) is -4.31. The molecule has 0 radical (unpaired) electrons. The van der Waals surface area contributed by atoms with Gasteiger partial charge in [-0.3, -0.25) is 4.79 Å². The summed E-state index contributed by atoms with van der Waals surface area (Å²) in [6, 6.07) is 9.43. The number of hydrogen-bond acceptors (Lipinski definition) is 8. The van der Waals surface area contributed by atoms with Gasteiger partial charge < -0.3 is 25.6 Å². The highest BCUT2D eigenvalue weighted by Crippen LogP contribution is 2.37. The number of benzene rings is 2. The Labute approximate surface area is 186 Å². The van der Waals surface area contributed by atoms with Crippen LogP contribution in [0.5, 0.6) is 11.5 Å². The van der Waals surface area contributed by atoms with Crippen molar-refractivity contribution < 1.29 is 32.6 Å². The van der Waals surface area contributed by atoms with Gasteiger partial charge in [-0.1, -0.05) is 31.5 Å². The van der Waals surface area contributed by atoms with Crippen LogP contribution in [0.1, 0.15) is 37.0 Å². The summed E-state index contributed by atoms with van der Waals surface area (Å²) in [6.45, 7) is 3.79. The minimum absolute atomic E-state index is 0.0679. The summed E-state index contributed by atoms with van der Waals surface area (Å²) in [6.07, 6.45) is 0.486. The molecule has 0 unspecified atom stereocenters. The highest BCUT2D eigenvalue weighted by Gasteiger charge is 2.27. The van der Waals surface area contributed by atoms with Gasteiger partial charge in [0.1, 0.15) is 22.8 Å². The van der Waals surface area contributed by atoms with Crippen LogP contribution in [0, 0.1) is 0 Å². The molecule has 0 aromatic heterocycles. The van der Waals surface area contributed by atoms with Crippen LogP contribution in [0.3, 0.4) is 0 Å². The third kappa shape index (κ3) is 6.67. The number of hydrogen-bond donors (Lipinski definition) is 4. The van der Waals surface area contributed by atoms with Gasteiger partial charge in [-0.15, -0.1) is 0 Å². The Bertz CT molecular complexity index is 1060. The van der Waals surface area contributed by atoms with Gasteiger partial charge >= 0.3 is 11.9 Å². The monoisotopic (exact) mass is 465 g/mol. The van der Waals surface area contributed by atoms with Crippen molar-refractivity contribution in [3.63, 3.8) is 0 Å². The number of primary sulfonamides is 1. The maximum absolute atomic E-state index is 12.6. The van der Waals surface area contributed by atoms with E-state index in [-0.39, 0.29) is 17.0 Å². The van der Waals surface area contributed by atoms with Crippen LogP contribution in [0.4, 0.5) is 5.69 Å². The quantitative estimate of drug-likeness (QED) is 0.287. The number of para-hydroxylation sites is 1. The molecule has 0 fully saturated rings. The summed E-state index contributed by atoms with van der Waals surface area (Å²) < 4.78 is 35.6. The van der Waals surface area contributed by atoms with Gasteiger partial charge in [0.2, 0.25) is 10.0 Å². The SMILES string of the molecule is CCCCNc1cc(C(=O)O[C@@H](C)[C@H](N)C(=O)O)cc(S(N)(=O)=O)c1Oc1ccccc1. The molecule has 0 saturated heterocycles. The van der Waals surface area contributed by atoms with E-state index in [4.69, 9.17) is 25.5 Å². The third-order valence-corrected chi connectivity index (χ3v) is 5.41. The molecule has 2 aromatic rings. The minimum Gasteiger partial charge on any atom is -0.480 e. The van der Waals surface area contributed by atoms with Crippen molar-refractivity contribution in [1.29, 1.82) is 0 Å². The number of carbonyl (C=O) groups excluding carboxylic acids is 1. The maximum Gasteiger partial charge on any atom is 0.338 e. The molecule has 0 amide bonds. The largest absolute Gasteiger partial charge is 0.480 e. The average Bonchev–Trinajstić information content (AvgIpc) is 2.73. The molecule has 0 bridgehead atoms. The van der Waals surface area contributed by atoms with E-state index in [0.717, 1.165) is 18.9 Å². The zero-order valence-electron chi connectivity index (χ0n) is 17.8. The van der Waals surface area contributed by atoms with Gasteiger partial charge in [-0.2, -0.15) is 0 Å². The Hall–Kier alpha value is -3.15. The Kier molecular flexibility index (Phi) is 8.58. The lowest BCUT2D eigenvalue weighted by atomic mass is 10.1. The molecule has 0 spiro atoms. The van der Waals surface area contributed by atoms with Gasteiger partial charge in [0.25, 0.3) is 0 Å². The minimum atomic E-state index is -4.31. The zero-order chi connectivity index (χ0) is 23.9. The number of aliphatic carboxylic acids is 1. The number of carboxylic acids is 1. The lowest BCUT2D eigenvalue weighted by Gasteiger charge is -2.20. The van der Waals surface area contributed by atoms with Crippen LogP contribution in [0.15, 0.2) is 47.4 Å². The number of nitrogens with two attached hydrogens (primary N) is 2. The van der Waals surface area contributed by atoms with Crippen molar-refractivity contribution in [3.8, 4) is 11.5 Å². The number of sulfonamides is 1. The third-order valence-electron chi connectivity index (χ3n) is 4.49. The molecule has 174 valence electrons. The van der Waals surface area contributed by atoms with Crippen LogP contribution in [0.2, 0.25) is 0 Å². The Morgan fingerprint density at radius 1 is 1.19 bits per heavy atom. The van der Waals surface area contributed by atoms with Crippen molar-refractivity contribution >= 4 is 27.6 Å². The van der Waals surface area contributed by atoms with Crippen molar-refractivity contribution in [2.75, 3.05) is 11.9 Å². The summed E-state index contributed by atoms with van der Waals surface area (Å²) in [5.41, 5.74) is 5.55. The van der Waals surface area contributed by atoms with Crippen LogP contribution >= 0.6 is 0 Å². The maximum atomic E-state index is 12.6. The number of unbranched alkanes of at least 4 members (excludes halogenated alkanes) is 1. The van der Waals surface area contributed by atoms with Gasteiger partial charge in [0.15, 0.2) is 5.75 Å². The zero-order valence-corrected chi connectivity index (χ0v) is 18.6. The first-order valence-electron chi connectivity index (χ1n) is 9.91. The van der Waals surface area contributed by atoms with E-state index < -0.39 is 39.0 Å². The second-order valence-corrected chi connectivity index (χ2v) is 8.60. The molecule has 10 nitrogen and oxygen atoms in total. The molecule has 0 aliphatic heterocycles. The van der Waals surface area contributed by atoms with Crippen molar-refractivity contribution in [1.82, 2.24) is 0 Å². The summed E-state index contributed by atoms with van der Waals surface area (Å²) in [5.74, 6) is -2.00. The van der Waals surface area contributed by atoms with Crippen LogP contribution in [-0.4, -0.2) is 44.2 Å². The first-order chi connectivity index (χ1) is 15.0. The highest BCUT2D eigenvalue weighted by atomic mass is 32.2. The molecule has 6 N–H and O–H groups in total. The van der Waals surface area contributed by atoms with Crippen LogP contribution < -0.4 is 20.9 Å². The number of rotatable bonds is 11. The second kappa shape index (κ2) is 10.9. The van der Waals surface area contributed by atoms with Crippen molar-refractivity contribution in [2.45, 2.75) is 43.7 Å². The summed E-state index contributed by atoms with van der Waals surface area (Å²) >= 11 is 0. The van der Waals surface area contributed by atoms with E-state index in [1.807, 2.05) is 6.92 Å². The van der Waals surface area contributed by atoms with Crippen LogP contribution in [0.25, 0.3) is 0 Å². The van der Waals surface area contributed by atoms with Crippen molar-refractivity contribution in [2.24, 2.45) is 10.9 Å². The van der Waals surface area contributed by atoms with E-state index in [2.05, 4.69) is 5.32 Å². The average molecular weight is 466 g/mol.